The second kappa shape index (κ2) is 11.1. The first kappa shape index (κ1) is 23.0. The molecule has 6 heteroatoms. The molecule has 2 bridgehead atoms. The van der Waals surface area contributed by atoms with Gasteiger partial charge in [-0.15, -0.1) is 0 Å². The van der Waals surface area contributed by atoms with Crippen molar-refractivity contribution < 1.29 is 14.0 Å². The lowest BCUT2D eigenvalue weighted by molar-refractivity contribution is -0.117. The van der Waals surface area contributed by atoms with Crippen LogP contribution < -0.4 is 5.32 Å². The van der Waals surface area contributed by atoms with Gasteiger partial charge in [0.05, 0.1) is 0 Å². The fourth-order valence-electron chi connectivity index (χ4n) is 3.85. The number of amides is 1. The zero-order valence-corrected chi connectivity index (χ0v) is 18.2. The minimum Gasteiger partial charge on any atom is -0.370 e. The molecule has 1 aromatic carbocycles. The van der Waals surface area contributed by atoms with Gasteiger partial charge in [0.25, 0.3) is 0 Å². The van der Waals surface area contributed by atoms with Gasteiger partial charge in [0.15, 0.2) is 0 Å². The lowest BCUT2D eigenvalue weighted by atomic mass is 10.00. The number of hydrogen-bond acceptors (Lipinski definition) is 3. The Morgan fingerprint density at radius 2 is 1.97 bits per heavy atom. The van der Waals surface area contributed by atoms with Gasteiger partial charge in [-0.25, -0.2) is 4.39 Å². The molecule has 1 atom stereocenters. The van der Waals surface area contributed by atoms with Crippen LogP contribution >= 0.6 is 0 Å². The van der Waals surface area contributed by atoms with Crippen LogP contribution in [0, 0.1) is 18.7 Å². The molecular weight excluding hydrogens is 405 g/mol. The standard InChI is InChI=1S/C13H14N2.C12H12FNO.CH2O/c1-10-6-13-14-8-11-4-2-3-5-12(7-11)15(13)9-10;13-12-3-1-10(2-4-12)11-5-7-14(9-15)8-6-11;1-2/h2-7,9,11,14H,8H2,1H3;1-5,9H,6-8H2;1H2. The molecule has 5 rings (SSSR count). The second-order valence-corrected chi connectivity index (χ2v) is 7.74. The van der Waals surface area contributed by atoms with Crippen LogP contribution in [-0.2, 0) is 9.59 Å². The number of nitrogens with one attached hydrogen (secondary N) is 1. The number of nitrogens with zero attached hydrogens (tertiary/aromatic N) is 2. The molecule has 0 saturated heterocycles. The van der Waals surface area contributed by atoms with Crippen molar-refractivity contribution in [1.82, 2.24) is 9.47 Å². The first-order valence-electron chi connectivity index (χ1n) is 10.6. The summed E-state index contributed by atoms with van der Waals surface area (Å²) >= 11 is 0. The van der Waals surface area contributed by atoms with Crippen molar-refractivity contribution in [3.8, 4) is 0 Å². The van der Waals surface area contributed by atoms with Crippen molar-refractivity contribution in [3.05, 3.63) is 89.9 Å². The Labute approximate surface area is 188 Å². The van der Waals surface area contributed by atoms with Gasteiger partial charge in [0, 0.05) is 37.4 Å². The zero-order chi connectivity index (χ0) is 22.9. The van der Waals surface area contributed by atoms with E-state index in [1.54, 1.807) is 17.0 Å². The minimum absolute atomic E-state index is 0.218. The molecule has 1 unspecified atom stereocenters. The first-order valence-corrected chi connectivity index (χ1v) is 10.6. The number of benzene rings is 1. The summed E-state index contributed by atoms with van der Waals surface area (Å²) in [6.07, 6.45) is 16.8. The van der Waals surface area contributed by atoms with Gasteiger partial charge in [-0.05, 0) is 54.3 Å². The Bertz CT molecular complexity index is 1050. The first-order chi connectivity index (χ1) is 15.6. The van der Waals surface area contributed by atoms with Crippen LogP contribution in [0.3, 0.4) is 0 Å². The molecule has 2 aromatic rings. The van der Waals surface area contributed by atoms with Crippen LogP contribution in [0.2, 0.25) is 0 Å². The number of carbonyl (C=O) groups excluding carboxylic acids is 2. The predicted molar refractivity (Wildman–Crippen MR) is 127 cm³/mol. The number of allylic oxidation sites excluding steroid dienone is 4. The van der Waals surface area contributed by atoms with E-state index in [9.17, 15) is 9.18 Å². The summed E-state index contributed by atoms with van der Waals surface area (Å²) in [5.74, 6) is 1.47. The van der Waals surface area contributed by atoms with E-state index < -0.39 is 0 Å². The number of carbonyl (C=O) groups is 2. The van der Waals surface area contributed by atoms with Gasteiger partial charge >= 0.3 is 0 Å². The molecule has 0 radical (unpaired) electrons. The van der Waals surface area contributed by atoms with Crippen molar-refractivity contribution in [3.63, 3.8) is 0 Å². The lowest BCUT2D eigenvalue weighted by Crippen LogP contribution is -2.26. The van der Waals surface area contributed by atoms with Crippen molar-refractivity contribution >= 4 is 30.3 Å². The normalized spacial score (nSPS) is 18.2. The van der Waals surface area contributed by atoms with E-state index in [1.807, 2.05) is 12.9 Å². The summed E-state index contributed by atoms with van der Waals surface area (Å²) in [6.45, 7) is 6.49. The molecule has 1 aliphatic carbocycles. The maximum Gasteiger partial charge on any atom is 0.209 e. The van der Waals surface area contributed by atoms with Crippen molar-refractivity contribution in [1.29, 1.82) is 0 Å². The Morgan fingerprint density at radius 3 is 2.66 bits per heavy atom. The summed E-state index contributed by atoms with van der Waals surface area (Å²) in [4.78, 5) is 20.2. The molecule has 1 amide bonds. The van der Waals surface area contributed by atoms with Gasteiger partial charge in [0.2, 0.25) is 6.41 Å². The number of aromatic nitrogens is 1. The number of hydrogen-bond donors (Lipinski definition) is 1. The van der Waals surface area contributed by atoms with Crippen LogP contribution in [0.4, 0.5) is 10.2 Å². The van der Waals surface area contributed by atoms with Crippen molar-refractivity contribution in [2.75, 3.05) is 25.0 Å². The predicted octanol–water partition coefficient (Wildman–Crippen LogP) is 4.69. The SMILES string of the molecule is C=O.Cc1cc2n(c1)C1=CC(C=CC=C1)CN2.O=CN1CC=C(c2ccc(F)cc2)CC1. The van der Waals surface area contributed by atoms with Gasteiger partial charge in [0.1, 0.15) is 18.4 Å². The topological polar surface area (TPSA) is 54.3 Å². The Morgan fingerprint density at radius 1 is 1.19 bits per heavy atom. The fraction of sp³-hybridized carbons (Fsp3) is 0.231. The van der Waals surface area contributed by atoms with Crippen LogP contribution in [0.25, 0.3) is 11.3 Å². The van der Waals surface area contributed by atoms with Crippen LogP contribution in [0.1, 0.15) is 17.5 Å². The van der Waals surface area contributed by atoms with Crippen LogP contribution in [-0.4, -0.2) is 42.3 Å². The van der Waals surface area contributed by atoms with Gasteiger partial charge in [-0.1, -0.05) is 42.5 Å². The molecule has 3 heterocycles. The largest absolute Gasteiger partial charge is 0.370 e. The highest BCUT2D eigenvalue weighted by molar-refractivity contribution is 5.68. The van der Waals surface area contributed by atoms with E-state index in [-0.39, 0.29) is 5.82 Å². The Kier molecular flexibility index (Phi) is 7.97. The zero-order valence-electron chi connectivity index (χ0n) is 18.2. The molecule has 166 valence electrons. The Hall–Kier alpha value is -3.67. The van der Waals surface area contributed by atoms with Gasteiger partial charge in [-0.3, -0.25) is 4.79 Å². The fourth-order valence-corrected chi connectivity index (χ4v) is 3.85. The average molecular weight is 434 g/mol. The molecule has 32 heavy (non-hydrogen) atoms. The quantitative estimate of drug-likeness (QED) is 0.699. The number of anilines is 1. The molecule has 0 spiro atoms. The van der Waals surface area contributed by atoms with E-state index in [1.165, 1.54) is 34.8 Å². The molecule has 1 N–H and O–H groups in total. The maximum absolute atomic E-state index is 12.7. The molecule has 3 aliphatic rings. The highest BCUT2D eigenvalue weighted by atomic mass is 19.1. The van der Waals surface area contributed by atoms with E-state index >= 15 is 0 Å². The van der Waals surface area contributed by atoms with E-state index in [0.717, 1.165) is 31.5 Å². The van der Waals surface area contributed by atoms with E-state index in [0.29, 0.717) is 12.5 Å². The number of halogens is 1. The highest BCUT2D eigenvalue weighted by Crippen LogP contribution is 2.26. The van der Waals surface area contributed by atoms with Crippen molar-refractivity contribution in [2.45, 2.75) is 13.3 Å². The van der Waals surface area contributed by atoms with Gasteiger partial charge in [-0.2, -0.15) is 0 Å². The van der Waals surface area contributed by atoms with Crippen molar-refractivity contribution in [2.24, 2.45) is 5.92 Å². The number of fused-ring (bicyclic) bond motifs is 3. The molecule has 0 saturated carbocycles. The number of aryl methyl sites for hydroxylation is 1. The third kappa shape index (κ3) is 5.72. The smallest absolute Gasteiger partial charge is 0.209 e. The summed E-state index contributed by atoms with van der Waals surface area (Å²) in [6, 6.07) is 8.66. The summed E-state index contributed by atoms with van der Waals surface area (Å²) in [5, 5.41) is 3.47. The van der Waals surface area contributed by atoms with E-state index in [2.05, 4.69) is 59.5 Å². The molecular formula is C26H28FN3O2. The third-order valence-electron chi connectivity index (χ3n) is 5.48. The minimum atomic E-state index is -0.218. The molecule has 5 nitrogen and oxygen atoms in total. The van der Waals surface area contributed by atoms with Crippen LogP contribution in [0.5, 0.6) is 0 Å². The highest BCUT2D eigenvalue weighted by Gasteiger charge is 2.14. The molecule has 0 fully saturated rings. The summed E-state index contributed by atoms with van der Waals surface area (Å²) in [7, 11) is 0. The van der Waals surface area contributed by atoms with E-state index in [4.69, 9.17) is 4.79 Å². The monoisotopic (exact) mass is 433 g/mol. The maximum atomic E-state index is 12.7. The van der Waals surface area contributed by atoms with Gasteiger partial charge < -0.3 is 19.6 Å². The molecule has 1 aromatic heterocycles. The number of rotatable bonds is 2. The average Bonchev–Trinajstić information content (AvgIpc) is 2.98. The summed E-state index contributed by atoms with van der Waals surface area (Å²) in [5.41, 5.74) is 4.79. The Balaban J connectivity index is 0.000000168. The third-order valence-corrected chi connectivity index (χ3v) is 5.48. The van der Waals surface area contributed by atoms with Crippen LogP contribution in [0.15, 0.2) is 73.0 Å². The molecule has 2 aliphatic heterocycles. The lowest BCUT2D eigenvalue weighted by Gasteiger charge is -2.22. The summed E-state index contributed by atoms with van der Waals surface area (Å²) < 4.78 is 14.9. The second-order valence-electron chi connectivity index (χ2n) is 7.74.